The molecule has 1 aromatic heterocycles. The molecule has 2 aromatic carbocycles. The Morgan fingerprint density at radius 2 is 2.00 bits per heavy atom. The Balaban J connectivity index is 1.67. The van der Waals surface area contributed by atoms with Gasteiger partial charge in [0, 0.05) is 31.3 Å². The van der Waals surface area contributed by atoms with E-state index >= 15 is 0 Å². The Labute approximate surface area is 212 Å². The molecule has 1 fully saturated rings. The minimum Gasteiger partial charge on any atom is -0.497 e. The molecule has 0 bridgehead atoms. The Morgan fingerprint density at radius 1 is 1.19 bits per heavy atom. The summed E-state index contributed by atoms with van der Waals surface area (Å²) in [7, 11) is 5.53. The predicted octanol–water partition coefficient (Wildman–Crippen LogP) is 4.28. The lowest BCUT2D eigenvalue weighted by Gasteiger charge is -2.26. The summed E-state index contributed by atoms with van der Waals surface area (Å²) in [5, 5.41) is 3.04. The van der Waals surface area contributed by atoms with Crippen LogP contribution in [0.1, 0.15) is 41.2 Å². The molecule has 8 nitrogen and oxygen atoms in total. The van der Waals surface area contributed by atoms with Gasteiger partial charge in [-0.25, -0.2) is 4.98 Å². The maximum absolute atomic E-state index is 13.2. The van der Waals surface area contributed by atoms with Gasteiger partial charge in [0.25, 0.3) is 5.91 Å². The number of amides is 2. The zero-order valence-corrected chi connectivity index (χ0v) is 21.5. The number of carbonyl (C=O) groups is 2. The topological polar surface area (TPSA) is 79.7 Å². The number of hydrogen-bond acceptors (Lipinski definition) is 5. The maximum Gasteiger partial charge on any atom is 0.258 e. The van der Waals surface area contributed by atoms with E-state index < -0.39 is 0 Å². The number of para-hydroxylation sites is 1. The number of likely N-dealkylation sites (N-methyl/N-ethyl adjacent to an activating group) is 1. The average molecular weight is 490 g/mol. The summed E-state index contributed by atoms with van der Waals surface area (Å²) in [5.74, 6) is 0.880. The second kappa shape index (κ2) is 11.4. The van der Waals surface area contributed by atoms with E-state index in [0.717, 1.165) is 48.9 Å². The number of hydrogen-bond donors (Lipinski definition) is 1. The quantitative estimate of drug-likeness (QED) is 0.501. The Hall–Kier alpha value is -3.65. The highest BCUT2D eigenvalue weighted by Crippen LogP contribution is 2.32. The first-order valence-electron chi connectivity index (χ1n) is 12.4. The van der Waals surface area contributed by atoms with E-state index in [-0.39, 0.29) is 17.9 Å². The van der Waals surface area contributed by atoms with Gasteiger partial charge in [0.05, 0.1) is 24.2 Å². The van der Waals surface area contributed by atoms with Crippen molar-refractivity contribution in [3.8, 4) is 5.75 Å². The normalized spacial score (nSPS) is 16.5. The summed E-state index contributed by atoms with van der Waals surface area (Å²) in [6, 6.07) is 13.0. The zero-order valence-electron chi connectivity index (χ0n) is 21.5. The molecular weight excluding hydrogens is 454 g/mol. The van der Waals surface area contributed by atoms with Crippen LogP contribution in [0.2, 0.25) is 0 Å². The van der Waals surface area contributed by atoms with Gasteiger partial charge in [0.1, 0.15) is 5.75 Å². The number of fused-ring (bicyclic) bond motifs is 1. The molecule has 2 amide bonds. The first-order chi connectivity index (χ1) is 17.4. The fourth-order valence-corrected chi connectivity index (χ4v) is 4.70. The molecule has 1 saturated heterocycles. The molecule has 1 N–H and O–H groups in total. The number of likely N-dealkylation sites (tertiary alicyclic amines) is 1. The molecule has 2 heterocycles. The number of carbonyl (C=O) groups excluding carboxylic acids is 2. The fraction of sp³-hybridized carbons (Fsp3) is 0.393. The van der Waals surface area contributed by atoms with E-state index in [4.69, 9.17) is 9.72 Å². The van der Waals surface area contributed by atoms with E-state index in [1.807, 2.05) is 42.1 Å². The second-order valence-electron chi connectivity index (χ2n) is 9.53. The van der Waals surface area contributed by atoms with Gasteiger partial charge in [-0.15, -0.1) is 0 Å². The van der Waals surface area contributed by atoms with Crippen LogP contribution in [0.5, 0.6) is 5.75 Å². The molecule has 8 heteroatoms. The number of benzene rings is 2. The van der Waals surface area contributed by atoms with Crippen LogP contribution in [0.25, 0.3) is 11.0 Å². The van der Waals surface area contributed by atoms with Crippen molar-refractivity contribution < 1.29 is 14.3 Å². The second-order valence-corrected chi connectivity index (χ2v) is 9.53. The van der Waals surface area contributed by atoms with E-state index in [1.54, 1.807) is 37.5 Å². The van der Waals surface area contributed by atoms with Crippen molar-refractivity contribution in [2.45, 2.75) is 32.2 Å². The van der Waals surface area contributed by atoms with Gasteiger partial charge < -0.3 is 19.1 Å². The highest BCUT2D eigenvalue weighted by molar-refractivity contribution is 6.04. The molecule has 190 valence electrons. The Bertz CT molecular complexity index is 1260. The van der Waals surface area contributed by atoms with Crippen LogP contribution in [0.3, 0.4) is 0 Å². The lowest BCUT2D eigenvalue weighted by atomic mass is 10.1. The third-order valence-corrected chi connectivity index (χ3v) is 6.52. The van der Waals surface area contributed by atoms with Crippen molar-refractivity contribution in [2.24, 2.45) is 0 Å². The first kappa shape index (κ1) is 25.4. The van der Waals surface area contributed by atoms with E-state index in [1.165, 1.54) is 0 Å². The van der Waals surface area contributed by atoms with E-state index in [0.29, 0.717) is 23.8 Å². The molecule has 0 spiro atoms. The number of methoxy groups -OCH3 is 1. The van der Waals surface area contributed by atoms with Crippen LogP contribution in [-0.2, 0) is 4.79 Å². The van der Waals surface area contributed by atoms with Crippen molar-refractivity contribution >= 4 is 28.8 Å². The van der Waals surface area contributed by atoms with E-state index in [2.05, 4.69) is 22.9 Å². The Kier molecular flexibility index (Phi) is 8.05. The minimum absolute atomic E-state index is 0.00888. The van der Waals surface area contributed by atoms with Crippen LogP contribution in [-0.4, -0.2) is 72.0 Å². The van der Waals surface area contributed by atoms with Gasteiger partial charge in [-0.2, -0.15) is 0 Å². The van der Waals surface area contributed by atoms with Crippen molar-refractivity contribution in [1.29, 1.82) is 0 Å². The Morgan fingerprint density at radius 3 is 2.78 bits per heavy atom. The fourth-order valence-electron chi connectivity index (χ4n) is 4.70. The zero-order chi connectivity index (χ0) is 25.7. The largest absolute Gasteiger partial charge is 0.497 e. The standard InChI is InChI=1S/C28H35N5O3/c1-20-10-7-14-24-26(20)33(28(29-24)30-27(35)21-11-8-13-23(18-21)36-4)22-12-5-6-17-32(19-22)25(34)15-9-16-31(2)3/h7-11,13-15,18,22H,5-6,12,16-17,19H2,1-4H3,(H,29,30,35). The van der Waals surface area contributed by atoms with Gasteiger partial charge in [0.15, 0.2) is 0 Å². The predicted molar refractivity (Wildman–Crippen MR) is 143 cm³/mol. The van der Waals surface area contributed by atoms with Crippen molar-refractivity contribution in [1.82, 2.24) is 19.4 Å². The number of ether oxygens (including phenoxy) is 1. The van der Waals surface area contributed by atoms with Crippen LogP contribution in [0.4, 0.5) is 5.95 Å². The summed E-state index contributed by atoms with van der Waals surface area (Å²) < 4.78 is 7.40. The molecular formula is C28H35N5O3. The third-order valence-electron chi connectivity index (χ3n) is 6.52. The molecule has 1 aliphatic rings. The molecule has 1 atom stereocenters. The monoisotopic (exact) mass is 489 g/mol. The molecule has 0 radical (unpaired) electrons. The summed E-state index contributed by atoms with van der Waals surface area (Å²) in [6.45, 7) is 4.05. The third kappa shape index (κ3) is 5.76. The molecule has 1 aliphatic heterocycles. The average Bonchev–Trinajstić information content (AvgIpc) is 3.05. The van der Waals surface area contributed by atoms with Gasteiger partial charge in [-0.1, -0.05) is 24.3 Å². The number of imidazole rings is 1. The van der Waals surface area contributed by atoms with Gasteiger partial charge in [-0.3, -0.25) is 14.9 Å². The van der Waals surface area contributed by atoms with Gasteiger partial charge in [0.2, 0.25) is 11.9 Å². The lowest BCUT2D eigenvalue weighted by Crippen LogP contribution is -2.35. The molecule has 3 aromatic rings. The smallest absolute Gasteiger partial charge is 0.258 e. The van der Waals surface area contributed by atoms with Crippen molar-refractivity contribution in [3.63, 3.8) is 0 Å². The number of rotatable bonds is 7. The van der Waals surface area contributed by atoms with Crippen molar-refractivity contribution in [3.05, 3.63) is 65.7 Å². The van der Waals surface area contributed by atoms with Gasteiger partial charge >= 0.3 is 0 Å². The molecule has 0 aliphatic carbocycles. The number of anilines is 1. The molecule has 1 unspecified atom stereocenters. The summed E-state index contributed by atoms with van der Waals surface area (Å²) >= 11 is 0. The molecule has 0 saturated carbocycles. The van der Waals surface area contributed by atoms with Crippen LogP contribution in [0.15, 0.2) is 54.6 Å². The first-order valence-corrected chi connectivity index (χ1v) is 12.4. The maximum atomic E-state index is 13.2. The summed E-state index contributed by atoms with van der Waals surface area (Å²) in [6.07, 6.45) is 6.41. The van der Waals surface area contributed by atoms with Crippen LogP contribution >= 0.6 is 0 Å². The SMILES string of the molecule is COc1cccc(C(=O)Nc2nc3cccc(C)c3n2C2CCCCN(C(=O)C=CCN(C)C)C2)c1. The summed E-state index contributed by atoms with van der Waals surface area (Å²) in [5.41, 5.74) is 3.38. The lowest BCUT2D eigenvalue weighted by molar-refractivity contribution is -0.126. The minimum atomic E-state index is -0.253. The number of nitrogens with zero attached hydrogens (tertiary/aromatic N) is 4. The number of aromatic nitrogens is 2. The summed E-state index contributed by atoms with van der Waals surface area (Å²) in [4.78, 5) is 34.9. The number of aryl methyl sites for hydroxylation is 1. The van der Waals surface area contributed by atoms with Gasteiger partial charge in [-0.05, 0) is 70.1 Å². The highest BCUT2D eigenvalue weighted by atomic mass is 16.5. The van der Waals surface area contributed by atoms with E-state index in [9.17, 15) is 9.59 Å². The van der Waals surface area contributed by atoms with Crippen LogP contribution in [0, 0.1) is 6.92 Å². The van der Waals surface area contributed by atoms with Crippen LogP contribution < -0.4 is 10.1 Å². The molecule has 4 rings (SSSR count). The van der Waals surface area contributed by atoms with Crippen molar-refractivity contribution in [2.75, 3.05) is 46.2 Å². The highest BCUT2D eigenvalue weighted by Gasteiger charge is 2.27. The molecule has 36 heavy (non-hydrogen) atoms. The number of nitrogens with one attached hydrogen (secondary N) is 1.